The standard InChI is InChI=1S/C31H28N2O5P/c1-21(2)37-31-32-28-20-23(33(35)36)19-27(29(28)30(34)38-31)22(3)39(24-13-7-4-8-14-24,25-15-9-5-10-16-25)26-17-11-6-12-18-26/h4-22H,1-3H3/q+1. The highest BCUT2D eigenvalue weighted by atomic mass is 31.2. The molecule has 0 radical (unpaired) electrons. The molecule has 8 heteroatoms. The van der Waals surface area contributed by atoms with Crippen LogP contribution in [0.2, 0.25) is 0 Å². The highest BCUT2D eigenvalue weighted by Gasteiger charge is 2.52. The second-order valence-electron chi connectivity index (χ2n) is 9.53. The van der Waals surface area contributed by atoms with Crippen LogP contribution in [-0.4, -0.2) is 16.0 Å². The number of aromatic nitrogens is 1. The van der Waals surface area contributed by atoms with Crippen molar-refractivity contribution in [2.75, 3.05) is 0 Å². The fraction of sp³-hybridized carbons (Fsp3) is 0.161. The molecule has 0 aliphatic carbocycles. The first-order valence-electron chi connectivity index (χ1n) is 12.7. The molecule has 5 rings (SSSR count). The van der Waals surface area contributed by atoms with Gasteiger partial charge in [-0.05, 0) is 57.2 Å². The molecule has 0 fully saturated rings. The van der Waals surface area contributed by atoms with E-state index in [1.165, 1.54) is 12.1 Å². The molecule has 0 saturated heterocycles. The van der Waals surface area contributed by atoms with Crippen LogP contribution in [0, 0.1) is 10.1 Å². The van der Waals surface area contributed by atoms with Gasteiger partial charge in [0.25, 0.3) is 5.69 Å². The zero-order chi connectivity index (χ0) is 27.6. The zero-order valence-corrected chi connectivity index (χ0v) is 22.7. The summed E-state index contributed by atoms with van der Waals surface area (Å²) >= 11 is 0. The monoisotopic (exact) mass is 539 g/mol. The predicted molar refractivity (Wildman–Crippen MR) is 156 cm³/mol. The third kappa shape index (κ3) is 4.82. The number of hydrogen-bond donors (Lipinski definition) is 0. The largest absolute Gasteiger partial charge is 0.447 e. The molecule has 0 saturated carbocycles. The lowest BCUT2D eigenvalue weighted by molar-refractivity contribution is -0.384. The highest BCUT2D eigenvalue weighted by Crippen LogP contribution is 2.67. The highest BCUT2D eigenvalue weighted by molar-refractivity contribution is 7.96. The van der Waals surface area contributed by atoms with Gasteiger partial charge in [0.2, 0.25) is 0 Å². The minimum Gasteiger partial charge on any atom is -0.447 e. The average molecular weight is 540 g/mol. The van der Waals surface area contributed by atoms with Gasteiger partial charge in [0.15, 0.2) is 0 Å². The van der Waals surface area contributed by atoms with Crippen LogP contribution >= 0.6 is 7.26 Å². The van der Waals surface area contributed by atoms with Crippen LogP contribution in [0.25, 0.3) is 10.9 Å². The third-order valence-corrected chi connectivity index (χ3v) is 11.6. The van der Waals surface area contributed by atoms with E-state index >= 15 is 0 Å². The predicted octanol–water partition coefficient (Wildman–Crippen LogP) is 5.94. The summed E-state index contributed by atoms with van der Waals surface area (Å²) in [5, 5.41) is 15.6. The van der Waals surface area contributed by atoms with E-state index in [2.05, 4.69) is 41.4 Å². The maximum atomic E-state index is 13.5. The SMILES string of the molecule is CC(C)Oc1nc2cc([N+](=O)[O-])cc(C(C)[P+](c3ccccc3)(c3ccccc3)c3ccccc3)c2c(=O)o1. The van der Waals surface area contributed by atoms with Crippen molar-refractivity contribution in [3.63, 3.8) is 0 Å². The molecule has 4 aromatic carbocycles. The Labute approximate surface area is 226 Å². The summed E-state index contributed by atoms with van der Waals surface area (Å²) in [7, 11) is -2.54. The van der Waals surface area contributed by atoms with E-state index in [1.54, 1.807) is 13.8 Å². The van der Waals surface area contributed by atoms with E-state index in [1.807, 2.05) is 61.5 Å². The summed E-state index contributed by atoms with van der Waals surface area (Å²) < 4.78 is 11.0. The first-order valence-corrected chi connectivity index (χ1v) is 14.5. The zero-order valence-electron chi connectivity index (χ0n) is 21.9. The van der Waals surface area contributed by atoms with Gasteiger partial charge in [-0.1, -0.05) is 54.6 Å². The van der Waals surface area contributed by atoms with E-state index in [0.717, 1.165) is 15.9 Å². The van der Waals surface area contributed by atoms with Crippen molar-refractivity contribution < 1.29 is 14.1 Å². The first-order chi connectivity index (χ1) is 18.8. The Morgan fingerprint density at radius 2 is 1.31 bits per heavy atom. The average Bonchev–Trinajstić information content (AvgIpc) is 2.94. The maximum Gasteiger partial charge on any atom is 0.397 e. The van der Waals surface area contributed by atoms with E-state index in [9.17, 15) is 14.9 Å². The molecule has 1 aromatic heterocycles. The molecule has 0 amide bonds. The minimum atomic E-state index is -2.54. The third-order valence-electron chi connectivity index (χ3n) is 6.80. The molecule has 5 aromatic rings. The Hall–Kier alpha value is -4.35. The number of nitro benzene ring substituents is 1. The number of hydrogen-bond acceptors (Lipinski definition) is 6. The second-order valence-corrected chi connectivity index (χ2v) is 13.3. The molecule has 0 N–H and O–H groups in total. The Morgan fingerprint density at radius 1 is 0.821 bits per heavy atom. The number of ether oxygens (including phenoxy) is 1. The number of fused-ring (bicyclic) bond motifs is 1. The van der Waals surface area contributed by atoms with Gasteiger partial charge in [-0.2, -0.15) is 4.98 Å². The number of rotatable bonds is 8. The summed E-state index contributed by atoms with van der Waals surface area (Å²) in [5.74, 6) is 0. The fourth-order valence-electron chi connectivity index (χ4n) is 5.20. The number of non-ortho nitro benzene ring substituents is 1. The molecular weight excluding hydrogens is 511 g/mol. The van der Waals surface area contributed by atoms with Gasteiger partial charge in [0.1, 0.15) is 28.8 Å². The lowest BCUT2D eigenvalue weighted by atomic mass is 10.1. The number of benzene rings is 4. The molecule has 1 unspecified atom stereocenters. The van der Waals surface area contributed by atoms with Gasteiger partial charge in [-0.25, -0.2) is 4.79 Å². The molecule has 0 spiro atoms. The van der Waals surface area contributed by atoms with Crippen LogP contribution in [0.4, 0.5) is 5.69 Å². The van der Waals surface area contributed by atoms with Crippen molar-refractivity contribution >= 4 is 39.8 Å². The molecule has 39 heavy (non-hydrogen) atoms. The van der Waals surface area contributed by atoms with Gasteiger partial charge in [-0.3, -0.25) is 10.1 Å². The fourth-order valence-corrected chi connectivity index (χ4v) is 9.98. The topological polar surface area (TPSA) is 95.5 Å². The Kier molecular flexibility index (Phi) is 7.27. The quantitative estimate of drug-likeness (QED) is 0.138. The maximum absolute atomic E-state index is 13.5. The summed E-state index contributed by atoms with van der Waals surface area (Å²) in [5.41, 5.74) is -0.453. The Bertz CT molecular complexity index is 1580. The van der Waals surface area contributed by atoms with Gasteiger partial charge in [-0.15, -0.1) is 0 Å². The molecule has 0 aliphatic rings. The van der Waals surface area contributed by atoms with Crippen LogP contribution in [0.5, 0.6) is 6.08 Å². The molecule has 1 atom stereocenters. The molecule has 1 heterocycles. The van der Waals surface area contributed by atoms with Crippen LogP contribution in [0.3, 0.4) is 0 Å². The van der Waals surface area contributed by atoms with Crippen molar-refractivity contribution in [1.29, 1.82) is 0 Å². The number of nitrogens with zero attached hydrogens (tertiary/aromatic N) is 2. The van der Waals surface area contributed by atoms with Gasteiger partial charge in [0.05, 0.1) is 21.9 Å². The number of nitro groups is 1. The van der Waals surface area contributed by atoms with Crippen LogP contribution in [0.1, 0.15) is 32.0 Å². The van der Waals surface area contributed by atoms with E-state index in [0.29, 0.717) is 5.56 Å². The van der Waals surface area contributed by atoms with Gasteiger partial charge < -0.3 is 9.15 Å². The van der Waals surface area contributed by atoms with Crippen molar-refractivity contribution in [2.45, 2.75) is 32.5 Å². The van der Waals surface area contributed by atoms with Crippen molar-refractivity contribution in [1.82, 2.24) is 4.98 Å². The first kappa shape index (κ1) is 26.3. The van der Waals surface area contributed by atoms with E-state index < -0.39 is 17.8 Å². The van der Waals surface area contributed by atoms with Crippen LogP contribution in [0.15, 0.2) is 112 Å². The molecule has 7 nitrogen and oxygen atoms in total. The van der Waals surface area contributed by atoms with E-state index in [-0.39, 0.29) is 34.4 Å². The van der Waals surface area contributed by atoms with E-state index in [4.69, 9.17) is 9.15 Å². The molecular formula is C31H28N2O5P+. The van der Waals surface area contributed by atoms with Crippen LogP contribution < -0.4 is 26.3 Å². The Balaban J connectivity index is 1.90. The summed E-state index contributed by atoms with van der Waals surface area (Å²) in [4.78, 5) is 29.5. The van der Waals surface area contributed by atoms with Crippen molar-refractivity contribution in [3.05, 3.63) is 129 Å². The van der Waals surface area contributed by atoms with Crippen molar-refractivity contribution in [3.8, 4) is 6.08 Å². The lowest BCUT2D eigenvalue weighted by Gasteiger charge is -2.33. The lowest BCUT2D eigenvalue weighted by Crippen LogP contribution is -2.34. The van der Waals surface area contributed by atoms with Gasteiger partial charge >= 0.3 is 11.7 Å². The second kappa shape index (κ2) is 10.8. The molecule has 0 aliphatic heterocycles. The summed E-state index contributed by atoms with van der Waals surface area (Å²) in [6.07, 6.45) is -0.500. The summed E-state index contributed by atoms with van der Waals surface area (Å²) in [6, 6.07) is 33.3. The van der Waals surface area contributed by atoms with Crippen molar-refractivity contribution in [2.24, 2.45) is 0 Å². The van der Waals surface area contributed by atoms with Crippen LogP contribution in [-0.2, 0) is 0 Å². The van der Waals surface area contributed by atoms with Gasteiger partial charge in [0, 0.05) is 17.7 Å². The Morgan fingerprint density at radius 3 is 1.74 bits per heavy atom. The summed E-state index contributed by atoms with van der Waals surface area (Å²) in [6.45, 7) is 5.60. The molecule has 196 valence electrons. The minimum absolute atomic E-state index is 0.148. The molecule has 0 bridgehead atoms. The smallest absolute Gasteiger partial charge is 0.397 e. The normalized spacial score (nSPS) is 12.4.